The number of esters is 2. The zero-order chi connectivity index (χ0) is 18.2. The third-order valence-corrected chi connectivity index (χ3v) is 3.74. The van der Waals surface area contributed by atoms with Crippen LogP contribution in [0.1, 0.15) is 17.5 Å². The minimum absolute atomic E-state index is 0.0209. The van der Waals surface area contributed by atoms with Crippen LogP contribution in [0.25, 0.3) is 0 Å². The van der Waals surface area contributed by atoms with Gasteiger partial charge < -0.3 is 14.6 Å². The van der Waals surface area contributed by atoms with Gasteiger partial charge in [0, 0.05) is 10.0 Å². The Balaban J connectivity index is 1.72. The predicted molar refractivity (Wildman–Crippen MR) is 93.1 cm³/mol. The van der Waals surface area contributed by atoms with E-state index < -0.39 is 24.5 Å². The summed E-state index contributed by atoms with van der Waals surface area (Å²) in [5.41, 5.74) is 1.47. The predicted octanol–water partition coefficient (Wildman–Crippen LogP) is 3.53. The summed E-state index contributed by atoms with van der Waals surface area (Å²) >= 11 is 11.5. The highest BCUT2D eigenvalue weighted by atomic mass is 35.5. The molecule has 0 radical (unpaired) electrons. The second-order valence-corrected chi connectivity index (χ2v) is 6.11. The average Bonchev–Trinajstić information content (AvgIpc) is 2.60. The third kappa shape index (κ3) is 6.74. The van der Waals surface area contributed by atoms with E-state index in [1.54, 1.807) is 48.5 Å². The van der Waals surface area contributed by atoms with Crippen molar-refractivity contribution >= 4 is 35.1 Å². The van der Waals surface area contributed by atoms with E-state index in [2.05, 4.69) is 0 Å². The van der Waals surface area contributed by atoms with Gasteiger partial charge in [-0.1, -0.05) is 47.5 Å². The average molecular weight is 383 g/mol. The molecule has 0 saturated heterocycles. The molecule has 0 aliphatic rings. The first-order valence-electron chi connectivity index (χ1n) is 7.43. The number of hydrogen-bond donors (Lipinski definition) is 1. The number of hydrogen-bond acceptors (Lipinski definition) is 5. The van der Waals surface area contributed by atoms with Crippen LogP contribution >= 0.6 is 23.2 Å². The monoisotopic (exact) mass is 382 g/mol. The van der Waals surface area contributed by atoms with Crippen molar-refractivity contribution in [3.05, 3.63) is 69.7 Å². The highest BCUT2D eigenvalue weighted by molar-refractivity contribution is 6.30. The number of benzene rings is 2. The maximum Gasteiger partial charge on any atom is 0.335 e. The number of carbonyl (C=O) groups is 2. The van der Waals surface area contributed by atoms with Gasteiger partial charge in [-0.25, -0.2) is 4.79 Å². The van der Waals surface area contributed by atoms with E-state index in [0.717, 1.165) is 11.1 Å². The molecule has 0 fully saturated rings. The lowest BCUT2D eigenvalue weighted by Crippen LogP contribution is -2.26. The Morgan fingerprint density at radius 1 is 0.840 bits per heavy atom. The molecule has 1 unspecified atom stereocenters. The fraction of sp³-hybridized carbons (Fsp3) is 0.222. The van der Waals surface area contributed by atoms with Crippen molar-refractivity contribution in [2.24, 2.45) is 0 Å². The minimum atomic E-state index is -1.58. The molecule has 1 atom stereocenters. The first kappa shape index (κ1) is 19.2. The van der Waals surface area contributed by atoms with Crippen LogP contribution in [0.2, 0.25) is 10.0 Å². The Hall–Kier alpha value is -2.08. The first-order chi connectivity index (χ1) is 11.9. The fourth-order valence-electron chi connectivity index (χ4n) is 1.88. The molecule has 0 aliphatic carbocycles. The maximum atomic E-state index is 11.7. The highest BCUT2D eigenvalue weighted by Crippen LogP contribution is 2.12. The van der Waals surface area contributed by atoms with Crippen molar-refractivity contribution in [1.82, 2.24) is 0 Å². The lowest BCUT2D eigenvalue weighted by molar-refractivity contribution is -0.161. The minimum Gasteiger partial charge on any atom is -0.461 e. The van der Waals surface area contributed by atoms with Crippen molar-refractivity contribution in [3.8, 4) is 0 Å². The Kier molecular flexibility index (Phi) is 7.25. The molecule has 2 rings (SSSR count). The van der Waals surface area contributed by atoms with Gasteiger partial charge in [0.2, 0.25) is 0 Å². The fourth-order valence-corrected chi connectivity index (χ4v) is 2.13. The van der Waals surface area contributed by atoms with Gasteiger partial charge in [-0.3, -0.25) is 4.79 Å². The van der Waals surface area contributed by atoms with Gasteiger partial charge in [0.15, 0.2) is 6.10 Å². The molecule has 0 aromatic heterocycles. The molecule has 7 heteroatoms. The number of aliphatic hydroxyl groups excluding tert-OH is 1. The van der Waals surface area contributed by atoms with Gasteiger partial charge in [-0.05, 0) is 35.4 Å². The van der Waals surface area contributed by atoms with Crippen molar-refractivity contribution in [3.63, 3.8) is 0 Å². The van der Waals surface area contributed by atoms with Gasteiger partial charge in [0.25, 0.3) is 0 Å². The summed E-state index contributed by atoms with van der Waals surface area (Å²) in [5.74, 6) is -1.59. The van der Waals surface area contributed by atoms with E-state index in [9.17, 15) is 14.7 Å². The van der Waals surface area contributed by atoms with Crippen LogP contribution in [0.4, 0.5) is 0 Å². The van der Waals surface area contributed by atoms with Crippen molar-refractivity contribution in [2.45, 2.75) is 25.7 Å². The number of aliphatic hydroxyl groups is 1. The summed E-state index contributed by atoms with van der Waals surface area (Å²) in [6, 6.07) is 13.5. The second-order valence-electron chi connectivity index (χ2n) is 5.24. The molecule has 2 aromatic rings. The normalized spacial score (nSPS) is 11.6. The van der Waals surface area contributed by atoms with E-state index in [1.165, 1.54) is 0 Å². The van der Waals surface area contributed by atoms with Gasteiger partial charge in [-0.15, -0.1) is 0 Å². The lowest BCUT2D eigenvalue weighted by atomic mass is 10.2. The highest BCUT2D eigenvalue weighted by Gasteiger charge is 2.21. The zero-order valence-corrected chi connectivity index (χ0v) is 14.7. The van der Waals surface area contributed by atoms with E-state index in [0.29, 0.717) is 10.0 Å². The first-order valence-corrected chi connectivity index (χ1v) is 8.19. The molecule has 2 aromatic carbocycles. The zero-order valence-electron chi connectivity index (χ0n) is 13.2. The van der Waals surface area contributed by atoms with Crippen LogP contribution in [0, 0.1) is 0 Å². The smallest absolute Gasteiger partial charge is 0.335 e. The summed E-state index contributed by atoms with van der Waals surface area (Å²) in [5, 5.41) is 10.9. The molecule has 0 heterocycles. The van der Waals surface area contributed by atoms with E-state index in [4.69, 9.17) is 32.7 Å². The Labute approximate surface area is 155 Å². The summed E-state index contributed by atoms with van der Waals surface area (Å²) in [6.07, 6.45) is -2.06. The summed E-state index contributed by atoms with van der Waals surface area (Å²) in [4.78, 5) is 23.4. The maximum absolute atomic E-state index is 11.7. The summed E-state index contributed by atoms with van der Waals surface area (Å²) in [7, 11) is 0. The number of halogens is 2. The lowest BCUT2D eigenvalue weighted by Gasteiger charge is -2.11. The Morgan fingerprint density at radius 3 is 1.76 bits per heavy atom. The quantitative estimate of drug-likeness (QED) is 0.741. The molecule has 5 nitrogen and oxygen atoms in total. The van der Waals surface area contributed by atoms with Crippen LogP contribution in [-0.2, 0) is 32.3 Å². The summed E-state index contributed by atoms with van der Waals surface area (Å²) in [6.45, 7) is 0.00935. The number of ether oxygens (including phenoxy) is 2. The van der Waals surface area contributed by atoms with Gasteiger partial charge in [0.05, 0.1) is 6.42 Å². The van der Waals surface area contributed by atoms with Gasteiger partial charge >= 0.3 is 11.9 Å². The van der Waals surface area contributed by atoms with Crippen LogP contribution in [-0.4, -0.2) is 23.1 Å². The molecule has 0 amide bonds. The standard InChI is InChI=1S/C18H16Cl2O5/c19-14-5-1-12(2-6-14)10-24-17(22)9-16(21)18(23)25-11-13-3-7-15(20)8-4-13/h1-8,16,21H,9-11H2. The van der Waals surface area contributed by atoms with E-state index in [-0.39, 0.29) is 13.2 Å². The molecule has 0 spiro atoms. The van der Waals surface area contributed by atoms with E-state index >= 15 is 0 Å². The van der Waals surface area contributed by atoms with Crippen molar-refractivity contribution in [2.75, 3.05) is 0 Å². The van der Waals surface area contributed by atoms with Gasteiger partial charge in [0.1, 0.15) is 13.2 Å². The third-order valence-electron chi connectivity index (χ3n) is 3.24. The Bertz CT molecular complexity index is 713. The topological polar surface area (TPSA) is 72.8 Å². The van der Waals surface area contributed by atoms with Crippen LogP contribution in [0.3, 0.4) is 0 Å². The molecule has 25 heavy (non-hydrogen) atoms. The SMILES string of the molecule is O=C(CC(O)C(=O)OCc1ccc(Cl)cc1)OCc1ccc(Cl)cc1. The molecule has 0 aliphatic heterocycles. The van der Waals surface area contributed by atoms with Gasteiger partial charge in [-0.2, -0.15) is 0 Å². The van der Waals surface area contributed by atoms with Crippen molar-refractivity contribution in [1.29, 1.82) is 0 Å². The molecule has 1 N–H and O–H groups in total. The Morgan fingerprint density at radius 2 is 1.28 bits per heavy atom. The molecular formula is C18H16Cl2O5. The number of rotatable bonds is 7. The molecule has 0 saturated carbocycles. The number of carbonyl (C=O) groups excluding carboxylic acids is 2. The largest absolute Gasteiger partial charge is 0.461 e. The van der Waals surface area contributed by atoms with Crippen LogP contribution < -0.4 is 0 Å². The van der Waals surface area contributed by atoms with Crippen LogP contribution in [0.15, 0.2) is 48.5 Å². The second kappa shape index (κ2) is 9.42. The molecular weight excluding hydrogens is 367 g/mol. The van der Waals surface area contributed by atoms with Crippen LogP contribution in [0.5, 0.6) is 0 Å². The summed E-state index contributed by atoms with van der Waals surface area (Å²) < 4.78 is 9.95. The molecule has 132 valence electrons. The van der Waals surface area contributed by atoms with Crippen molar-refractivity contribution < 1.29 is 24.2 Å². The molecule has 0 bridgehead atoms. The van der Waals surface area contributed by atoms with E-state index in [1.807, 2.05) is 0 Å².